The van der Waals surface area contributed by atoms with Gasteiger partial charge in [0.2, 0.25) is 0 Å². The van der Waals surface area contributed by atoms with Crippen LogP contribution in [0.4, 0.5) is 0 Å². The molecule has 0 bridgehead atoms. The summed E-state index contributed by atoms with van der Waals surface area (Å²) in [6, 6.07) is 8.32. The first-order valence-electron chi connectivity index (χ1n) is 9.98. The molecule has 156 valence electrons. The van der Waals surface area contributed by atoms with Crippen LogP contribution in [-0.4, -0.2) is 46.8 Å². The predicted octanol–water partition coefficient (Wildman–Crippen LogP) is 4.04. The van der Waals surface area contributed by atoms with Crippen LogP contribution in [0.1, 0.15) is 69.7 Å². The first-order chi connectivity index (χ1) is 13.8. The number of aromatic nitrogens is 1. The van der Waals surface area contributed by atoms with Gasteiger partial charge in [-0.2, -0.15) is 0 Å². The highest BCUT2D eigenvalue weighted by atomic mass is 16.5. The van der Waals surface area contributed by atoms with E-state index in [1.54, 1.807) is 35.4 Å². The van der Waals surface area contributed by atoms with Crippen molar-refractivity contribution in [2.45, 2.75) is 53.6 Å². The highest BCUT2D eigenvalue weighted by Gasteiger charge is 2.32. The van der Waals surface area contributed by atoms with Crippen molar-refractivity contribution in [1.29, 1.82) is 0 Å². The molecule has 6 heteroatoms. The highest BCUT2D eigenvalue weighted by Crippen LogP contribution is 2.26. The largest absolute Gasteiger partial charge is 0.464 e. The number of methoxy groups -OCH3 is 1. The molecule has 0 aliphatic rings. The van der Waals surface area contributed by atoms with Gasteiger partial charge in [-0.05, 0) is 51.8 Å². The Labute approximate surface area is 172 Å². The van der Waals surface area contributed by atoms with E-state index in [2.05, 4.69) is 0 Å². The van der Waals surface area contributed by atoms with Gasteiger partial charge in [-0.15, -0.1) is 0 Å². The third-order valence-corrected chi connectivity index (χ3v) is 5.30. The van der Waals surface area contributed by atoms with Gasteiger partial charge in [0.25, 0.3) is 5.91 Å². The van der Waals surface area contributed by atoms with Gasteiger partial charge in [0, 0.05) is 29.9 Å². The van der Waals surface area contributed by atoms with Gasteiger partial charge in [-0.25, -0.2) is 4.79 Å². The number of ether oxygens (including phenoxy) is 1. The van der Waals surface area contributed by atoms with Crippen LogP contribution >= 0.6 is 0 Å². The van der Waals surface area contributed by atoms with E-state index in [1.165, 1.54) is 7.11 Å². The Balaban J connectivity index is 2.48. The fraction of sp³-hybridized carbons (Fsp3) is 0.435. The molecule has 29 heavy (non-hydrogen) atoms. The molecule has 1 unspecified atom stereocenters. The van der Waals surface area contributed by atoms with Crippen LogP contribution in [0.3, 0.4) is 0 Å². The first-order valence-corrected chi connectivity index (χ1v) is 9.98. The summed E-state index contributed by atoms with van der Waals surface area (Å²) in [5.41, 5.74) is 2.74. The molecule has 0 aliphatic heterocycles. The second kappa shape index (κ2) is 9.54. The van der Waals surface area contributed by atoms with Crippen molar-refractivity contribution in [3.8, 4) is 0 Å². The van der Waals surface area contributed by atoms with Crippen LogP contribution in [0.15, 0.2) is 30.3 Å². The zero-order chi connectivity index (χ0) is 21.7. The molecular weight excluding hydrogens is 368 g/mol. The van der Waals surface area contributed by atoms with Crippen LogP contribution in [0.2, 0.25) is 0 Å². The fourth-order valence-corrected chi connectivity index (χ4v) is 3.82. The zero-order valence-corrected chi connectivity index (χ0v) is 18.1. The number of amides is 1. The molecule has 1 heterocycles. The van der Waals surface area contributed by atoms with Gasteiger partial charge < -0.3 is 14.2 Å². The second-order valence-electron chi connectivity index (χ2n) is 7.07. The molecule has 0 aliphatic carbocycles. The van der Waals surface area contributed by atoms with Gasteiger partial charge in [0.1, 0.15) is 5.69 Å². The van der Waals surface area contributed by atoms with Crippen LogP contribution in [0.25, 0.3) is 0 Å². The summed E-state index contributed by atoms with van der Waals surface area (Å²) >= 11 is 0. The van der Waals surface area contributed by atoms with Crippen molar-refractivity contribution in [2.75, 3.05) is 13.7 Å². The van der Waals surface area contributed by atoms with Crippen molar-refractivity contribution in [2.24, 2.45) is 0 Å². The summed E-state index contributed by atoms with van der Waals surface area (Å²) in [5.74, 6) is -0.813. The van der Waals surface area contributed by atoms with Crippen LogP contribution in [0, 0.1) is 13.8 Å². The van der Waals surface area contributed by atoms with Crippen molar-refractivity contribution >= 4 is 17.7 Å². The third kappa shape index (κ3) is 4.26. The number of ketones is 1. The van der Waals surface area contributed by atoms with Crippen molar-refractivity contribution in [3.05, 3.63) is 58.4 Å². The Bertz CT molecular complexity index is 899. The number of benzene rings is 1. The molecule has 0 spiro atoms. The number of hydrogen-bond donors (Lipinski definition) is 0. The standard InChI is InChI=1S/C23H30N2O4/c1-7-14-25(22(27)18-12-10-9-11-13-18)17(5)21(26)19-15(3)20(23(28)29-6)24(8-2)16(19)4/h9-13,17H,7-8,14H2,1-6H3. The normalized spacial score (nSPS) is 11.8. The van der Waals surface area contributed by atoms with Crippen LogP contribution in [-0.2, 0) is 11.3 Å². The average molecular weight is 399 g/mol. The number of hydrogen-bond acceptors (Lipinski definition) is 4. The number of carbonyl (C=O) groups is 3. The summed E-state index contributed by atoms with van der Waals surface area (Å²) < 4.78 is 6.71. The van der Waals surface area contributed by atoms with E-state index in [0.29, 0.717) is 41.2 Å². The molecule has 1 aromatic carbocycles. The van der Waals surface area contributed by atoms with Gasteiger partial charge in [0.15, 0.2) is 5.78 Å². The monoisotopic (exact) mass is 398 g/mol. The Morgan fingerprint density at radius 1 is 1.10 bits per heavy atom. The van der Waals surface area contributed by atoms with Gasteiger partial charge in [-0.3, -0.25) is 9.59 Å². The molecule has 1 amide bonds. The lowest BCUT2D eigenvalue weighted by Crippen LogP contribution is -2.44. The SMILES string of the molecule is CCCN(C(=O)c1ccccc1)C(C)C(=O)c1c(C)c(C(=O)OC)n(CC)c1C. The number of Topliss-reactive ketones (excluding diaryl/α,β-unsaturated/α-hetero) is 1. The van der Waals surface area contributed by atoms with Gasteiger partial charge >= 0.3 is 5.97 Å². The molecule has 6 nitrogen and oxygen atoms in total. The maximum atomic E-state index is 13.5. The number of carbonyl (C=O) groups excluding carboxylic acids is 3. The molecule has 1 aromatic heterocycles. The quantitative estimate of drug-likeness (QED) is 0.497. The summed E-state index contributed by atoms with van der Waals surface area (Å²) in [4.78, 5) is 40.4. The summed E-state index contributed by atoms with van der Waals surface area (Å²) in [6.07, 6.45) is 0.734. The molecule has 2 rings (SSSR count). The Kier molecular flexibility index (Phi) is 7.37. The summed E-state index contributed by atoms with van der Waals surface area (Å²) in [5, 5.41) is 0. The highest BCUT2D eigenvalue weighted by molar-refractivity contribution is 6.07. The number of esters is 1. The molecule has 0 saturated carbocycles. The Morgan fingerprint density at radius 2 is 1.72 bits per heavy atom. The molecule has 0 N–H and O–H groups in total. The minimum atomic E-state index is -0.654. The topological polar surface area (TPSA) is 68.6 Å². The van der Waals surface area contributed by atoms with E-state index < -0.39 is 12.0 Å². The second-order valence-corrected chi connectivity index (χ2v) is 7.07. The number of nitrogens with zero attached hydrogens (tertiary/aromatic N) is 2. The molecule has 1 atom stereocenters. The van der Waals surface area contributed by atoms with Crippen molar-refractivity contribution in [3.63, 3.8) is 0 Å². The van der Waals surface area contributed by atoms with E-state index in [-0.39, 0.29) is 11.7 Å². The maximum absolute atomic E-state index is 13.5. The van der Waals surface area contributed by atoms with Crippen LogP contribution < -0.4 is 0 Å². The molecule has 2 aromatic rings. The van der Waals surface area contributed by atoms with E-state index in [9.17, 15) is 14.4 Å². The minimum absolute atomic E-state index is 0.171. The average Bonchev–Trinajstić information content (AvgIpc) is 2.99. The lowest BCUT2D eigenvalue weighted by atomic mass is 9.99. The minimum Gasteiger partial charge on any atom is -0.464 e. The molecule has 0 fully saturated rings. The smallest absolute Gasteiger partial charge is 0.354 e. The van der Waals surface area contributed by atoms with Gasteiger partial charge in [0.05, 0.1) is 13.2 Å². The lowest BCUT2D eigenvalue weighted by molar-refractivity contribution is 0.0586. The van der Waals surface area contributed by atoms with E-state index >= 15 is 0 Å². The van der Waals surface area contributed by atoms with E-state index in [1.807, 2.05) is 39.0 Å². The molecule has 0 radical (unpaired) electrons. The zero-order valence-electron chi connectivity index (χ0n) is 18.1. The molecular formula is C23H30N2O4. The van der Waals surface area contributed by atoms with Crippen LogP contribution in [0.5, 0.6) is 0 Å². The van der Waals surface area contributed by atoms with Crippen molar-refractivity contribution in [1.82, 2.24) is 9.47 Å². The van der Waals surface area contributed by atoms with E-state index in [0.717, 1.165) is 6.42 Å². The Hall–Kier alpha value is -2.89. The first kappa shape index (κ1) is 22.4. The van der Waals surface area contributed by atoms with Gasteiger partial charge in [-0.1, -0.05) is 25.1 Å². The summed E-state index contributed by atoms with van der Waals surface area (Å²) in [6.45, 7) is 10.2. The third-order valence-electron chi connectivity index (χ3n) is 5.30. The fourth-order valence-electron chi connectivity index (χ4n) is 3.82. The summed E-state index contributed by atoms with van der Waals surface area (Å²) in [7, 11) is 1.33. The number of rotatable bonds is 8. The van der Waals surface area contributed by atoms with Crippen molar-refractivity contribution < 1.29 is 19.1 Å². The molecule has 0 saturated heterocycles. The lowest BCUT2D eigenvalue weighted by Gasteiger charge is -2.28. The predicted molar refractivity (Wildman–Crippen MR) is 112 cm³/mol. The maximum Gasteiger partial charge on any atom is 0.354 e. The Morgan fingerprint density at radius 3 is 2.24 bits per heavy atom. The van der Waals surface area contributed by atoms with E-state index in [4.69, 9.17) is 4.74 Å².